The highest BCUT2D eigenvalue weighted by molar-refractivity contribution is 7.80. The first-order valence-corrected chi connectivity index (χ1v) is 8.28. The Bertz CT molecular complexity index is 517. The summed E-state index contributed by atoms with van der Waals surface area (Å²) in [5, 5.41) is 4.16. The van der Waals surface area contributed by atoms with Gasteiger partial charge in [0.1, 0.15) is 4.99 Å². The summed E-state index contributed by atoms with van der Waals surface area (Å²) in [6, 6.07) is 6.16. The number of anilines is 1. The first-order chi connectivity index (χ1) is 9.99. The molecule has 1 aromatic carbocycles. The molecule has 0 spiro atoms. The van der Waals surface area contributed by atoms with Gasteiger partial charge in [-0.15, -0.1) is 0 Å². The zero-order valence-corrected chi connectivity index (χ0v) is 14.2. The standard InChI is InChI=1S/C16H23ClN2OS/c1-3-16(4-2)10-12(7-8-20-16)19-11-5-6-13(15(18)21)14(17)9-11/h5-6,9,12,19H,3-4,7-8,10H2,1-2H3,(H2,18,21). The normalized spacial score (nSPS) is 21.0. The number of ether oxygens (including phenoxy) is 1. The molecule has 0 aliphatic carbocycles. The van der Waals surface area contributed by atoms with Crippen LogP contribution >= 0.6 is 23.8 Å². The quantitative estimate of drug-likeness (QED) is 0.799. The van der Waals surface area contributed by atoms with Crippen molar-refractivity contribution in [2.45, 2.75) is 51.2 Å². The van der Waals surface area contributed by atoms with Gasteiger partial charge in [0, 0.05) is 23.9 Å². The molecule has 3 N–H and O–H groups in total. The van der Waals surface area contributed by atoms with E-state index in [1.165, 1.54) is 0 Å². The molecular formula is C16H23ClN2OS. The smallest absolute Gasteiger partial charge is 0.105 e. The summed E-state index contributed by atoms with van der Waals surface area (Å²) in [7, 11) is 0. The van der Waals surface area contributed by atoms with Gasteiger partial charge in [0.15, 0.2) is 0 Å². The Morgan fingerprint density at radius 1 is 1.48 bits per heavy atom. The minimum Gasteiger partial charge on any atom is -0.389 e. The van der Waals surface area contributed by atoms with Crippen molar-refractivity contribution in [3.8, 4) is 0 Å². The molecule has 0 bridgehead atoms. The maximum Gasteiger partial charge on any atom is 0.105 e. The van der Waals surface area contributed by atoms with Gasteiger partial charge in [-0.25, -0.2) is 0 Å². The van der Waals surface area contributed by atoms with Crippen LogP contribution in [-0.4, -0.2) is 23.2 Å². The zero-order chi connectivity index (χ0) is 15.5. The molecule has 1 aliphatic heterocycles. The third kappa shape index (κ3) is 3.87. The summed E-state index contributed by atoms with van der Waals surface area (Å²) in [4.78, 5) is 0.327. The molecule has 1 unspecified atom stereocenters. The highest BCUT2D eigenvalue weighted by Gasteiger charge is 2.34. The second-order valence-corrected chi connectivity index (χ2v) is 6.48. The van der Waals surface area contributed by atoms with Gasteiger partial charge >= 0.3 is 0 Å². The van der Waals surface area contributed by atoms with Crippen molar-refractivity contribution < 1.29 is 4.74 Å². The van der Waals surface area contributed by atoms with Gasteiger partial charge in [0.05, 0.1) is 10.6 Å². The number of nitrogens with one attached hydrogen (secondary N) is 1. The average Bonchev–Trinajstić information content (AvgIpc) is 2.47. The molecule has 5 heteroatoms. The highest BCUT2D eigenvalue weighted by atomic mass is 35.5. The van der Waals surface area contributed by atoms with Crippen LogP contribution in [-0.2, 0) is 4.74 Å². The van der Waals surface area contributed by atoms with Gasteiger partial charge in [0.2, 0.25) is 0 Å². The molecule has 1 fully saturated rings. The molecule has 2 rings (SSSR count). The highest BCUT2D eigenvalue weighted by Crippen LogP contribution is 2.33. The molecular weight excluding hydrogens is 304 g/mol. The van der Waals surface area contributed by atoms with Crippen molar-refractivity contribution >= 4 is 34.5 Å². The summed E-state index contributed by atoms with van der Waals surface area (Å²) in [5.74, 6) is 0. The van der Waals surface area contributed by atoms with E-state index in [1.54, 1.807) is 0 Å². The van der Waals surface area contributed by atoms with Crippen LogP contribution in [0.15, 0.2) is 18.2 Å². The van der Waals surface area contributed by atoms with Crippen LogP contribution in [0.1, 0.15) is 45.1 Å². The Kier molecular flexibility index (Phi) is 5.47. The van der Waals surface area contributed by atoms with E-state index in [0.29, 0.717) is 16.1 Å². The molecule has 0 amide bonds. The molecule has 0 radical (unpaired) electrons. The van der Waals surface area contributed by atoms with E-state index in [-0.39, 0.29) is 5.60 Å². The number of hydrogen-bond donors (Lipinski definition) is 2. The van der Waals surface area contributed by atoms with Crippen molar-refractivity contribution in [1.82, 2.24) is 0 Å². The largest absolute Gasteiger partial charge is 0.389 e. The Hall–Kier alpha value is -0.840. The average molecular weight is 327 g/mol. The zero-order valence-electron chi connectivity index (χ0n) is 12.6. The summed E-state index contributed by atoms with van der Waals surface area (Å²) in [5.41, 5.74) is 7.37. The van der Waals surface area contributed by atoms with Crippen LogP contribution in [0.3, 0.4) is 0 Å². The molecule has 0 saturated carbocycles. The van der Waals surface area contributed by atoms with E-state index in [4.69, 9.17) is 34.3 Å². The van der Waals surface area contributed by atoms with Crippen molar-refractivity contribution in [2.24, 2.45) is 5.73 Å². The molecule has 1 atom stereocenters. The molecule has 1 heterocycles. The molecule has 1 aliphatic rings. The van der Waals surface area contributed by atoms with Crippen molar-refractivity contribution in [3.63, 3.8) is 0 Å². The summed E-state index contributed by atoms with van der Waals surface area (Å²) in [6.07, 6.45) is 4.12. The number of nitrogens with two attached hydrogens (primary N) is 1. The number of halogens is 1. The predicted octanol–water partition coefficient (Wildman–Crippen LogP) is 4.12. The summed E-state index contributed by atoms with van der Waals surface area (Å²) in [6.45, 7) is 5.19. The van der Waals surface area contributed by atoms with Gasteiger partial charge in [-0.3, -0.25) is 0 Å². The predicted molar refractivity (Wildman–Crippen MR) is 93.2 cm³/mol. The van der Waals surface area contributed by atoms with Gasteiger partial charge in [-0.2, -0.15) is 0 Å². The van der Waals surface area contributed by atoms with Crippen LogP contribution in [0.25, 0.3) is 0 Å². The van der Waals surface area contributed by atoms with Gasteiger partial charge in [-0.1, -0.05) is 37.7 Å². The first kappa shape index (κ1) is 16.5. The van der Waals surface area contributed by atoms with Crippen LogP contribution in [0.4, 0.5) is 5.69 Å². The minimum atomic E-state index is 0.0124. The number of hydrogen-bond acceptors (Lipinski definition) is 3. The molecule has 0 aromatic heterocycles. The van der Waals surface area contributed by atoms with E-state index in [2.05, 4.69) is 19.2 Å². The number of rotatable bonds is 5. The fraction of sp³-hybridized carbons (Fsp3) is 0.562. The maximum atomic E-state index is 6.22. The Labute approximate surface area is 137 Å². The monoisotopic (exact) mass is 326 g/mol. The second kappa shape index (κ2) is 6.95. The lowest BCUT2D eigenvalue weighted by Crippen LogP contribution is -2.43. The topological polar surface area (TPSA) is 47.3 Å². The fourth-order valence-electron chi connectivity index (χ4n) is 2.93. The maximum absolute atomic E-state index is 6.22. The van der Waals surface area contributed by atoms with Crippen LogP contribution in [0.5, 0.6) is 0 Å². The second-order valence-electron chi connectivity index (χ2n) is 5.63. The lowest BCUT2D eigenvalue weighted by molar-refractivity contribution is -0.0864. The van der Waals surface area contributed by atoms with E-state index in [0.717, 1.165) is 43.5 Å². The molecule has 116 valence electrons. The molecule has 3 nitrogen and oxygen atoms in total. The van der Waals surface area contributed by atoms with Gasteiger partial charge in [0.25, 0.3) is 0 Å². The van der Waals surface area contributed by atoms with E-state index in [9.17, 15) is 0 Å². The lowest BCUT2D eigenvalue weighted by Gasteiger charge is -2.40. The minimum absolute atomic E-state index is 0.0124. The fourth-order valence-corrected chi connectivity index (χ4v) is 3.45. The third-order valence-electron chi connectivity index (χ3n) is 4.39. The first-order valence-electron chi connectivity index (χ1n) is 7.49. The van der Waals surface area contributed by atoms with Crippen molar-refractivity contribution in [3.05, 3.63) is 28.8 Å². The Morgan fingerprint density at radius 3 is 2.76 bits per heavy atom. The Balaban J connectivity index is 2.08. The number of benzene rings is 1. The summed E-state index contributed by atoms with van der Waals surface area (Å²) >= 11 is 11.2. The molecule has 1 aromatic rings. The van der Waals surface area contributed by atoms with Crippen LogP contribution < -0.4 is 11.1 Å². The van der Waals surface area contributed by atoms with E-state index in [1.807, 2.05) is 18.2 Å². The number of thiocarbonyl (C=S) groups is 1. The third-order valence-corrected chi connectivity index (χ3v) is 4.92. The van der Waals surface area contributed by atoms with E-state index >= 15 is 0 Å². The summed E-state index contributed by atoms with van der Waals surface area (Å²) < 4.78 is 6.01. The van der Waals surface area contributed by atoms with Gasteiger partial charge < -0.3 is 15.8 Å². The van der Waals surface area contributed by atoms with E-state index < -0.39 is 0 Å². The lowest BCUT2D eigenvalue weighted by atomic mass is 9.86. The van der Waals surface area contributed by atoms with Crippen LogP contribution in [0, 0.1) is 0 Å². The Morgan fingerprint density at radius 2 is 2.19 bits per heavy atom. The van der Waals surface area contributed by atoms with Gasteiger partial charge in [-0.05, 0) is 43.9 Å². The molecule has 1 saturated heterocycles. The van der Waals surface area contributed by atoms with Crippen molar-refractivity contribution in [1.29, 1.82) is 0 Å². The molecule has 21 heavy (non-hydrogen) atoms. The van der Waals surface area contributed by atoms with Crippen molar-refractivity contribution in [2.75, 3.05) is 11.9 Å². The SMILES string of the molecule is CCC1(CC)CC(Nc2ccc(C(N)=S)c(Cl)c2)CCO1. The van der Waals surface area contributed by atoms with Crippen LogP contribution in [0.2, 0.25) is 5.02 Å².